The highest BCUT2D eigenvalue weighted by Gasteiger charge is 1.99. The van der Waals surface area contributed by atoms with Gasteiger partial charge >= 0.3 is 0 Å². The summed E-state index contributed by atoms with van der Waals surface area (Å²) in [4.78, 5) is 11.0. The van der Waals surface area contributed by atoms with E-state index in [4.69, 9.17) is 5.73 Å². The summed E-state index contributed by atoms with van der Waals surface area (Å²) >= 11 is 0. The molecule has 0 aromatic heterocycles. The fourth-order valence-corrected chi connectivity index (χ4v) is 0.779. The first-order chi connectivity index (χ1) is 5.24. The van der Waals surface area contributed by atoms with Crippen molar-refractivity contribution >= 4 is 19.6 Å². The number of carbonyl (C=O) groups is 1. The predicted molar refractivity (Wildman–Crippen MR) is 46.9 cm³/mol. The van der Waals surface area contributed by atoms with Crippen LogP contribution in [0.15, 0.2) is 24.3 Å². The number of rotatable bonds is 1. The van der Waals surface area contributed by atoms with Crippen LogP contribution in [0.1, 0.15) is 10.4 Å². The Hall–Kier alpha value is -1.45. The van der Waals surface area contributed by atoms with Crippen LogP contribution in [0.5, 0.6) is 0 Å². The van der Waals surface area contributed by atoms with Crippen molar-refractivity contribution in [3.8, 4) is 0 Å². The number of nitrogen functional groups attached to an aromatic ring is 1. The van der Waals surface area contributed by atoms with Crippen LogP contribution in [0.3, 0.4) is 0 Å². The third-order valence-corrected chi connectivity index (χ3v) is 1.40. The molecule has 0 heterocycles. The van der Waals surface area contributed by atoms with Crippen molar-refractivity contribution in [2.45, 2.75) is 0 Å². The molecule has 0 fully saturated rings. The molecule has 56 valence electrons. The van der Waals surface area contributed by atoms with E-state index >= 15 is 0 Å². The highest BCUT2D eigenvalue weighted by Crippen LogP contribution is 2.04. The van der Waals surface area contributed by atoms with Gasteiger partial charge in [-0.2, -0.15) is 0 Å². The standard InChI is InChI=1S/C7H9BN2O/c8-10-7(11)5-1-3-6(9)4-2-5/h1-4H,8-9H2,(H,10,11). The Balaban J connectivity index is 2.90. The first kappa shape index (κ1) is 7.66. The minimum absolute atomic E-state index is 0.0926. The smallest absolute Gasteiger partial charge is 0.238 e. The Morgan fingerprint density at radius 1 is 1.36 bits per heavy atom. The van der Waals surface area contributed by atoms with Crippen molar-refractivity contribution in [3.05, 3.63) is 29.8 Å². The summed E-state index contributed by atoms with van der Waals surface area (Å²) in [5.41, 5.74) is 6.73. The number of hydrogen-bond acceptors (Lipinski definition) is 2. The molecule has 1 aromatic carbocycles. The molecule has 0 unspecified atom stereocenters. The van der Waals surface area contributed by atoms with Gasteiger partial charge in [-0.25, -0.2) is 0 Å². The lowest BCUT2D eigenvalue weighted by Crippen LogP contribution is -2.19. The number of amides is 1. The van der Waals surface area contributed by atoms with E-state index in [1.54, 1.807) is 32.2 Å². The summed E-state index contributed by atoms with van der Waals surface area (Å²) in [6.07, 6.45) is 0. The van der Waals surface area contributed by atoms with Crippen LogP contribution in [0.2, 0.25) is 0 Å². The number of hydrogen-bond donors (Lipinski definition) is 2. The SMILES string of the molecule is BNC(=O)c1ccc(N)cc1. The lowest BCUT2D eigenvalue weighted by Gasteiger charge is -1.98. The highest BCUT2D eigenvalue weighted by molar-refractivity contribution is 6.18. The van der Waals surface area contributed by atoms with E-state index in [2.05, 4.69) is 5.23 Å². The molecular formula is C7H9BN2O. The second-order valence-corrected chi connectivity index (χ2v) is 2.20. The van der Waals surface area contributed by atoms with Crippen LogP contribution < -0.4 is 11.0 Å². The average molecular weight is 148 g/mol. The van der Waals surface area contributed by atoms with Crippen LogP contribution >= 0.6 is 0 Å². The first-order valence-corrected chi connectivity index (χ1v) is 3.31. The average Bonchev–Trinajstić information content (AvgIpc) is 2.05. The fourth-order valence-electron chi connectivity index (χ4n) is 0.779. The van der Waals surface area contributed by atoms with Crippen molar-refractivity contribution in [3.63, 3.8) is 0 Å². The maximum absolute atomic E-state index is 11.0. The van der Waals surface area contributed by atoms with Gasteiger partial charge in [0.25, 0.3) is 0 Å². The summed E-state index contributed by atoms with van der Waals surface area (Å²) in [5, 5.41) is 2.52. The summed E-state index contributed by atoms with van der Waals surface area (Å²) in [6, 6.07) is 6.78. The minimum atomic E-state index is -0.0926. The van der Waals surface area contributed by atoms with E-state index in [-0.39, 0.29) is 5.91 Å². The molecule has 0 saturated carbocycles. The van der Waals surface area contributed by atoms with E-state index in [1.807, 2.05) is 0 Å². The topological polar surface area (TPSA) is 55.1 Å². The zero-order valence-corrected chi connectivity index (χ0v) is 6.29. The van der Waals surface area contributed by atoms with Gasteiger partial charge in [0.1, 0.15) is 0 Å². The summed E-state index contributed by atoms with van der Waals surface area (Å²) < 4.78 is 0. The van der Waals surface area contributed by atoms with Gasteiger partial charge in [-0.3, -0.25) is 4.79 Å². The lowest BCUT2D eigenvalue weighted by atomic mass is 10.2. The number of nitrogens with two attached hydrogens (primary N) is 1. The summed E-state index contributed by atoms with van der Waals surface area (Å²) in [7, 11) is 1.60. The number of nitrogens with one attached hydrogen (secondary N) is 1. The number of carbonyl (C=O) groups excluding carboxylic acids is 1. The van der Waals surface area contributed by atoms with Crippen LogP contribution in [0, 0.1) is 0 Å². The van der Waals surface area contributed by atoms with Gasteiger partial charge in [-0.15, -0.1) is 0 Å². The molecule has 0 aliphatic rings. The Morgan fingerprint density at radius 2 is 1.91 bits per heavy atom. The van der Waals surface area contributed by atoms with Gasteiger partial charge in [0.2, 0.25) is 13.9 Å². The van der Waals surface area contributed by atoms with Gasteiger partial charge in [-0.1, -0.05) is 0 Å². The molecule has 1 aromatic rings. The van der Waals surface area contributed by atoms with E-state index in [0.717, 1.165) is 0 Å². The van der Waals surface area contributed by atoms with E-state index < -0.39 is 0 Å². The molecule has 0 radical (unpaired) electrons. The molecule has 1 amide bonds. The van der Waals surface area contributed by atoms with Crippen molar-refractivity contribution in [1.29, 1.82) is 0 Å². The van der Waals surface area contributed by atoms with Crippen LogP contribution in [-0.2, 0) is 0 Å². The largest absolute Gasteiger partial charge is 0.402 e. The summed E-state index contributed by atoms with van der Waals surface area (Å²) in [5.74, 6) is -0.0926. The van der Waals surface area contributed by atoms with Gasteiger partial charge in [0.05, 0.1) is 0 Å². The molecule has 0 aliphatic heterocycles. The van der Waals surface area contributed by atoms with Crippen molar-refractivity contribution < 1.29 is 4.79 Å². The van der Waals surface area contributed by atoms with E-state index in [0.29, 0.717) is 11.3 Å². The molecule has 0 bridgehead atoms. The van der Waals surface area contributed by atoms with Gasteiger partial charge in [0.15, 0.2) is 0 Å². The first-order valence-electron chi connectivity index (χ1n) is 3.31. The molecule has 0 saturated heterocycles. The van der Waals surface area contributed by atoms with Gasteiger partial charge in [-0.05, 0) is 24.3 Å². The van der Waals surface area contributed by atoms with Crippen LogP contribution in [0.4, 0.5) is 5.69 Å². The normalized spacial score (nSPS) is 9.09. The maximum Gasteiger partial charge on any atom is 0.238 e. The highest BCUT2D eigenvalue weighted by atomic mass is 16.1. The predicted octanol–water partition coefficient (Wildman–Crippen LogP) is -0.453. The monoisotopic (exact) mass is 148 g/mol. The zero-order valence-electron chi connectivity index (χ0n) is 6.29. The Labute approximate surface area is 66.0 Å². The van der Waals surface area contributed by atoms with Crippen molar-refractivity contribution in [2.75, 3.05) is 5.73 Å². The van der Waals surface area contributed by atoms with Gasteiger partial charge < -0.3 is 11.0 Å². The van der Waals surface area contributed by atoms with Gasteiger partial charge in [0, 0.05) is 11.3 Å². The Kier molecular flexibility index (Phi) is 2.16. The third-order valence-electron chi connectivity index (χ3n) is 1.40. The molecule has 3 nitrogen and oxygen atoms in total. The molecule has 0 aliphatic carbocycles. The van der Waals surface area contributed by atoms with E-state index in [9.17, 15) is 4.79 Å². The fraction of sp³-hybridized carbons (Fsp3) is 0. The number of benzene rings is 1. The second kappa shape index (κ2) is 3.10. The van der Waals surface area contributed by atoms with Crippen molar-refractivity contribution in [1.82, 2.24) is 5.23 Å². The lowest BCUT2D eigenvalue weighted by molar-refractivity contribution is 0.0981. The molecular weight excluding hydrogens is 139 g/mol. The third kappa shape index (κ3) is 1.74. The maximum atomic E-state index is 11.0. The quantitative estimate of drug-likeness (QED) is 0.418. The van der Waals surface area contributed by atoms with Crippen molar-refractivity contribution in [2.24, 2.45) is 0 Å². The Bertz CT molecular complexity index is 258. The molecule has 11 heavy (non-hydrogen) atoms. The molecule has 4 heteroatoms. The zero-order chi connectivity index (χ0) is 8.27. The second-order valence-electron chi connectivity index (χ2n) is 2.20. The Morgan fingerprint density at radius 3 is 2.36 bits per heavy atom. The number of anilines is 1. The molecule has 1 rings (SSSR count). The van der Waals surface area contributed by atoms with E-state index in [1.165, 1.54) is 0 Å². The van der Waals surface area contributed by atoms with Crippen LogP contribution in [0.25, 0.3) is 0 Å². The van der Waals surface area contributed by atoms with Crippen LogP contribution in [-0.4, -0.2) is 13.9 Å². The minimum Gasteiger partial charge on any atom is -0.402 e. The molecule has 0 atom stereocenters. The molecule has 3 N–H and O–H groups in total. The summed E-state index contributed by atoms with van der Waals surface area (Å²) in [6.45, 7) is 0. The molecule has 0 spiro atoms.